The van der Waals surface area contributed by atoms with Crippen LogP contribution in [0, 0.1) is 5.94 Å². The predicted molar refractivity (Wildman–Crippen MR) is 31.8 cm³/mol. The van der Waals surface area contributed by atoms with E-state index in [0.29, 0.717) is 5.25 Å². The molecule has 7 heavy (non-hydrogen) atoms. The van der Waals surface area contributed by atoms with Crippen molar-refractivity contribution in [1.82, 2.24) is 0 Å². The highest BCUT2D eigenvalue weighted by Crippen LogP contribution is 2.23. The first-order valence-corrected chi connectivity index (χ1v) is 3.09. The first kappa shape index (κ1) is 5.19. The molecule has 0 bridgehead atoms. The molecule has 39 valence electrons. The maximum absolute atomic E-state index is 4.91. The molecule has 0 spiro atoms. The van der Waals surface area contributed by atoms with Gasteiger partial charge in [0, 0.05) is 5.25 Å². The van der Waals surface area contributed by atoms with Gasteiger partial charge in [0.25, 0.3) is 0 Å². The Balaban J connectivity index is 2.26. The van der Waals surface area contributed by atoms with E-state index in [0.717, 1.165) is 6.61 Å². The molecule has 0 aromatic rings. The monoisotopic (exact) mass is 115 g/mol. The molecule has 0 aromatic heterocycles. The van der Waals surface area contributed by atoms with E-state index in [-0.39, 0.29) is 0 Å². The topological polar surface area (TPSA) is 9.23 Å². The SMILES string of the molecule is C=CC1CO[CH]S1. The molecule has 0 amide bonds. The summed E-state index contributed by atoms with van der Waals surface area (Å²) in [6, 6.07) is 0. The van der Waals surface area contributed by atoms with Crippen molar-refractivity contribution in [3.8, 4) is 0 Å². The molecule has 1 unspecified atom stereocenters. The largest absolute Gasteiger partial charge is 0.362 e. The molecule has 1 aliphatic heterocycles. The van der Waals surface area contributed by atoms with E-state index in [2.05, 4.69) is 6.58 Å². The molecule has 2 heteroatoms. The van der Waals surface area contributed by atoms with E-state index >= 15 is 0 Å². The molecule has 1 nitrogen and oxygen atoms in total. The van der Waals surface area contributed by atoms with Crippen LogP contribution in [0.2, 0.25) is 0 Å². The van der Waals surface area contributed by atoms with E-state index < -0.39 is 0 Å². The van der Waals surface area contributed by atoms with Gasteiger partial charge < -0.3 is 4.74 Å². The minimum Gasteiger partial charge on any atom is -0.362 e. The van der Waals surface area contributed by atoms with Crippen molar-refractivity contribution in [2.45, 2.75) is 5.25 Å². The summed E-state index contributed by atoms with van der Waals surface area (Å²) in [7, 11) is 0. The van der Waals surface area contributed by atoms with Crippen LogP contribution in [-0.2, 0) is 4.74 Å². The zero-order valence-corrected chi connectivity index (χ0v) is 4.78. The summed E-state index contributed by atoms with van der Waals surface area (Å²) in [6.45, 7) is 4.42. The van der Waals surface area contributed by atoms with Gasteiger partial charge in [-0.1, -0.05) is 6.08 Å². The van der Waals surface area contributed by atoms with Crippen molar-refractivity contribution in [3.05, 3.63) is 18.6 Å². The maximum atomic E-state index is 4.91. The van der Waals surface area contributed by atoms with Gasteiger partial charge in [0.05, 0.1) is 6.61 Å². The Labute approximate surface area is 47.7 Å². The minimum atomic E-state index is 0.500. The van der Waals surface area contributed by atoms with Gasteiger partial charge in [-0.2, -0.15) is 0 Å². The number of hydrogen-bond donors (Lipinski definition) is 0. The molecule has 1 heterocycles. The van der Waals surface area contributed by atoms with Crippen LogP contribution in [-0.4, -0.2) is 11.9 Å². The fourth-order valence-corrected chi connectivity index (χ4v) is 0.976. The minimum absolute atomic E-state index is 0.500. The summed E-state index contributed by atoms with van der Waals surface area (Å²) >= 11 is 1.68. The highest BCUT2D eigenvalue weighted by atomic mass is 32.2. The van der Waals surface area contributed by atoms with Crippen LogP contribution in [0.3, 0.4) is 0 Å². The Morgan fingerprint density at radius 3 is 3.14 bits per heavy atom. The van der Waals surface area contributed by atoms with Crippen LogP contribution < -0.4 is 0 Å². The predicted octanol–water partition coefficient (Wildman–Crippen LogP) is 1.42. The van der Waals surface area contributed by atoms with E-state index in [1.807, 2.05) is 6.08 Å². The summed E-state index contributed by atoms with van der Waals surface area (Å²) in [4.78, 5) is 0. The number of hydrogen-bond acceptors (Lipinski definition) is 2. The summed E-state index contributed by atoms with van der Waals surface area (Å²) in [6.07, 6.45) is 1.90. The highest BCUT2D eigenvalue weighted by Gasteiger charge is 2.11. The standard InChI is InChI=1S/C5H7OS/c1-2-5-3-6-4-7-5/h2,4-5H,1,3H2. The average molecular weight is 115 g/mol. The van der Waals surface area contributed by atoms with Gasteiger partial charge >= 0.3 is 0 Å². The van der Waals surface area contributed by atoms with Crippen LogP contribution in [0.25, 0.3) is 0 Å². The van der Waals surface area contributed by atoms with Crippen LogP contribution in [0.5, 0.6) is 0 Å². The van der Waals surface area contributed by atoms with E-state index in [4.69, 9.17) is 4.74 Å². The Morgan fingerprint density at radius 2 is 2.86 bits per heavy atom. The molecular formula is C5H7OS. The molecule has 1 saturated heterocycles. The zero-order valence-electron chi connectivity index (χ0n) is 3.96. The molecule has 1 atom stereocenters. The van der Waals surface area contributed by atoms with Crippen molar-refractivity contribution < 1.29 is 4.74 Å². The van der Waals surface area contributed by atoms with Crippen molar-refractivity contribution in [1.29, 1.82) is 0 Å². The molecule has 1 radical (unpaired) electrons. The Hall–Kier alpha value is 0.0500. The molecule has 0 aliphatic carbocycles. The Bertz CT molecular complexity index is 66.5. The normalized spacial score (nSPS) is 30.6. The molecule has 0 saturated carbocycles. The number of thioether (sulfide) groups is 1. The molecular weight excluding hydrogens is 108 g/mol. The second-order valence-corrected chi connectivity index (χ2v) is 2.41. The average Bonchev–Trinajstić information content (AvgIpc) is 2.14. The zero-order chi connectivity index (χ0) is 5.11. The third-order valence-corrected chi connectivity index (χ3v) is 1.75. The van der Waals surface area contributed by atoms with E-state index in [9.17, 15) is 0 Å². The van der Waals surface area contributed by atoms with E-state index in [1.165, 1.54) is 0 Å². The third kappa shape index (κ3) is 1.21. The number of ether oxygens (including phenoxy) is 1. The summed E-state index contributed by atoms with van der Waals surface area (Å²) in [5.41, 5.74) is 0. The lowest BCUT2D eigenvalue weighted by atomic mass is 10.4. The lowest BCUT2D eigenvalue weighted by Gasteiger charge is -1.91. The quantitative estimate of drug-likeness (QED) is 0.478. The van der Waals surface area contributed by atoms with Gasteiger partial charge in [-0.05, 0) is 0 Å². The summed E-state index contributed by atoms with van der Waals surface area (Å²) < 4.78 is 4.91. The lowest BCUT2D eigenvalue weighted by molar-refractivity contribution is 0.257. The molecule has 1 aliphatic rings. The second-order valence-electron chi connectivity index (χ2n) is 1.34. The molecule has 1 rings (SSSR count). The van der Waals surface area contributed by atoms with Crippen molar-refractivity contribution in [2.24, 2.45) is 0 Å². The van der Waals surface area contributed by atoms with Crippen LogP contribution in [0.15, 0.2) is 12.7 Å². The Kier molecular flexibility index (Phi) is 1.77. The van der Waals surface area contributed by atoms with Crippen LogP contribution >= 0.6 is 11.8 Å². The van der Waals surface area contributed by atoms with Gasteiger partial charge in [0.2, 0.25) is 0 Å². The van der Waals surface area contributed by atoms with Crippen molar-refractivity contribution in [3.63, 3.8) is 0 Å². The van der Waals surface area contributed by atoms with Gasteiger partial charge in [-0.25, -0.2) is 0 Å². The fourth-order valence-electron chi connectivity index (χ4n) is 0.408. The van der Waals surface area contributed by atoms with Crippen LogP contribution in [0.1, 0.15) is 0 Å². The molecule has 0 N–H and O–H groups in total. The number of rotatable bonds is 1. The van der Waals surface area contributed by atoms with Gasteiger partial charge in [-0.3, -0.25) is 0 Å². The van der Waals surface area contributed by atoms with E-state index in [1.54, 1.807) is 17.7 Å². The van der Waals surface area contributed by atoms with Gasteiger partial charge in [0.1, 0.15) is 5.94 Å². The molecule has 1 fully saturated rings. The van der Waals surface area contributed by atoms with Crippen molar-refractivity contribution >= 4 is 11.8 Å². The lowest BCUT2D eigenvalue weighted by Crippen LogP contribution is -1.95. The smallest absolute Gasteiger partial charge is 0.139 e. The molecule has 0 aromatic carbocycles. The highest BCUT2D eigenvalue weighted by molar-refractivity contribution is 8.02. The van der Waals surface area contributed by atoms with Gasteiger partial charge in [0.15, 0.2) is 0 Å². The fraction of sp³-hybridized carbons (Fsp3) is 0.400. The maximum Gasteiger partial charge on any atom is 0.139 e. The summed E-state index contributed by atoms with van der Waals surface area (Å²) in [5.74, 6) is 1.76. The summed E-state index contributed by atoms with van der Waals surface area (Å²) in [5, 5.41) is 0.500. The first-order chi connectivity index (χ1) is 3.43. The van der Waals surface area contributed by atoms with Crippen molar-refractivity contribution in [2.75, 3.05) is 6.61 Å². The Morgan fingerprint density at radius 1 is 2.00 bits per heavy atom. The first-order valence-electron chi connectivity index (χ1n) is 2.15. The third-order valence-electron chi connectivity index (χ3n) is 0.822. The second kappa shape index (κ2) is 2.38. The van der Waals surface area contributed by atoms with Gasteiger partial charge in [-0.15, -0.1) is 18.3 Å². The van der Waals surface area contributed by atoms with Crippen LogP contribution in [0.4, 0.5) is 0 Å².